The Morgan fingerprint density at radius 2 is 1.83 bits per heavy atom. The molecule has 1 heterocycles. The fourth-order valence-corrected chi connectivity index (χ4v) is 3.17. The van der Waals surface area contributed by atoms with Crippen molar-refractivity contribution >= 4 is 18.4 Å². The van der Waals surface area contributed by atoms with Crippen LogP contribution in [0, 0.1) is 5.92 Å². The number of rotatable bonds is 6. The van der Waals surface area contributed by atoms with Crippen molar-refractivity contribution in [3.63, 3.8) is 0 Å². The van der Waals surface area contributed by atoms with Gasteiger partial charge >= 0.3 is 5.97 Å². The number of likely N-dealkylation sites (tertiary alicyclic amines) is 1. The zero-order chi connectivity index (χ0) is 15.9. The van der Waals surface area contributed by atoms with Gasteiger partial charge in [-0.25, -0.2) is 0 Å². The van der Waals surface area contributed by atoms with Crippen LogP contribution >= 0.6 is 12.4 Å². The molecule has 0 aromatic heterocycles. The fraction of sp³-hybridized carbons (Fsp3) is 0.632. The largest absolute Gasteiger partial charge is 0.462 e. The van der Waals surface area contributed by atoms with Gasteiger partial charge in [0.05, 0.1) is 5.92 Å². The molecule has 23 heavy (non-hydrogen) atoms. The van der Waals surface area contributed by atoms with Crippen molar-refractivity contribution in [1.82, 2.24) is 4.90 Å². The molecule has 3 nitrogen and oxygen atoms in total. The number of piperidine rings is 1. The number of esters is 1. The maximum Gasteiger partial charge on any atom is 0.313 e. The predicted molar refractivity (Wildman–Crippen MR) is 97.1 cm³/mol. The molecular weight excluding hydrogens is 310 g/mol. The first-order valence-electron chi connectivity index (χ1n) is 8.63. The lowest BCUT2D eigenvalue weighted by molar-refractivity contribution is -0.154. The number of ether oxygens (including phenoxy) is 1. The van der Waals surface area contributed by atoms with E-state index >= 15 is 0 Å². The van der Waals surface area contributed by atoms with E-state index in [1.807, 2.05) is 30.3 Å². The van der Waals surface area contributed by atoms with E-state index in [1.54, 1.807) is 0 Å². The van der Waals surface area contributed by atoms with E-state index in [0.29, 0.717) is 5.92 Å². The normalized spacial score (nSPS) is 18.7. The first-order chi connectivity index (χ1) is 10.7. The van der Waals surface area contributed by atoms with Gasteiger partial charge in [-0.15, -0.1) is 12.4 Å². The third kappa shape index (κ3) is 5.50. The molecule has 2 unspecified atom stereocenters. The van der Waals surface area contributed by atoms with Crippen molar-refractivity contribution in [2.24, 2.45) is 5.92 Å². The molecule has 0 bridgehead atoms. The lowest BCUT2D eigenvalue weighted by Crippen LogP contribution is -2.38. The second-order valence-electron chi connectivity index (χ2n) is 6.34. The van der Waals surface area contributed by atoms with Crippen molar-refractivity contribution in [3.05, 3.63) is 35.9 Å². The SMILES string of the molecule is CCC(C)C(C(=O)OC1CCN(CC)CC1)c1ccccc1.Cl. The zero-order valence-corrected chi connectivity index (χ0v) is 15.3. The molecule has 1 aliphatic rings. The van der Waals surface area contributed by atoms with Crippen LogP contribution in [0.2, 0.25) is 0 Å². The summed E-state index contributed by atoms with van der Waals surface area (Å²) in [5, 5.41) is 0. The van der Waals surface area contributed by atoms with Gasteiger partial charge in [-0.2, -0.15) is 0 Å². The molecule has 130 valence electrons. The van der Waals surface area contributed by atoms with E-state index in [0.717, 1.165) is 44.5 Å². The smallest absolute Gasteiger partial charge is 0.313 e. The monoisotopic (exact) mass is 339 g/mol. The highest BCUT2D eigenvalue weighted by molar-refractivity contribution is 5.85. The molecule has 1 aromatic carbocycles. The Hall–Kier alpha value is -1.06. The average molecular weight is 340 g/mol. The van der Waals surface area contributed by atoms with E-state index in [1.165, 1.54) is 0 Å². The van der Waals surface area contributed by atoms with E-state index < -0.39 is 0 Å². The van der Waals surface area contributed by atoms with Crippen molar-refractivity contribution in [1.29, 1.82) is 0 Å². The Morgan fingerprint density at radius 3 is 2.35 bits per heavy atom. The molecule has 1 aliphatic heterocycles. The summed E-state index contributed by atoms with van der Waals surface area (Å²) >= 11 is 0. The molecule has 2 rings (SSSR count). The van der Waals surface area contributed by atoms with Crippen molar-refractivity contribution < 1.29 is 9.53 Å². The van der Waals surface area contributed by atoms with Crippen molar-refractivity contribution in [2.45, 2.75) is 52.1 Å². The van der Waals surface area contributed by atoms with Crippen LogP contribution < -0.4 is 0 Å². The molecule has 0 N–H and O–H groups in total. The molecule has 0 amide bonds. The third-order valence-electron chi connectivity index (χ3n) is 4.89. The predicted octanol–water partition coefficient (Wildman–Crippen LogP) is 4.27. The van der Waals surface area contributed by atoms with Crippen LogP contribution in [0.25, 0.3) is 0 Å². The summed E-state index contributed by atoms with van der Waals surface area (Å²) in [5.74, 6) is 0.108. The summed E-state index contributed by atoms with van der Waals surface area (Å²) in [6, 6.07) is 10.1. The van der Waals surface area contributed by atoms with Crippen LogP contribution in [0.1, 0.15) is 51.5 Å². The zero-order valence-electron chi connectivity index (χ0n) is 14.5. The standard InChI is InChI=1S/C19H29NO2.ClH/c1-4-15(3)18(16-9-7-6-8-10-16)19(21)22-17-11-13-20(5-2)14-12-17;/h6-10,15,17-18H,4-5,11-14H2,1-3H3;1H. The highest BCUT2D eigenvalue weighted by atomic mass is 35.5. The fourth-order valence-electron chi connectivity index (χ4n) is 3.17. The Labute approximate surface area is 146 Å². The van der Waals surface area contributed by atoms with Crippen LogP contribution in [0.15, 0.2) is 30.3 Å². The number of hydrogen-bond acceptors (Lipinski definition) is 3. The molecule has 2 atom stereocenters. The summed E-state index contributed by atoms with van der Waals surface area (Å²) < 4.78 is 5.86. The second-order valence-corrected chi connectivity index (χ2v) is 6.34. The minimum atomic E-state index is -0.143. The Balaban J connectivity index is 0.00000264. The van der Waals surface area contributed by atoms with Crippen LogP contribution in [-0.2, 0) is 9.53 Å². The minimum absolute atomic E-state index is 0. The average Bonchev–Trinajstić information content (AvgIpc) is 2.56. The van der Waals surface area contributed by atoms with Crippen LogP contribution in [0.5, 0.6) is 0 Å². The van der Waals surface area contributed by atoms with Gasteiger partial charge in [0.15, 0.2) is 0 Å². The molecule has 1 aromatic rings. The summed E-state index contributed by atoms with van der Waals surface area (Å²) in [7, 11) is 0. The molecule has 4 heteroatoms. The summed E-state index contributed by atoms with van der Waals surface area (Å²) in [5.41, 5.74) is 1.08. The maximum absolute atomic E-state index is 12.7. The number of halogens is 1. The molecule has 1 saturated heterocycles. The minimum Gasteiger partial charge on any atom is -0.462 e. The third-order valence-corrected chi connectivity index (χ3v) is 4.89. The summed E-state index contributed by atoms with van der Waals surface area (Å²) in [6.45, 7) is 9.61. The van der Waals surface area contributed by atoms with Crippen molar-refractivity contribution in [3.8, 4) is 0 Å². The molecule has 0 spiro atoms. The van der Waals surface area contributed by atoms with Gasteiger partial charge in [-0.05, 0) is 30.9 Å². The van der Waals surface area contributed by atoms with E-state index in [-0.39, 0.29) is 30.4 Å². The highest BCUT2D eigenvalue weighted by Crippen LogP contribution is 2.29. The summed E-state index contributed by atoms with van der Waals surface area (Å²) in [4.78, 5) is 15.1. The van der Waals surface area contributed by atoms with E-state index in [9.17, 15) is 4.79 Å². The quantitative estimate of drug-likeness (QED) is 0.725. The van der Waals surface area contributed by atoms with Crippen molar-refractivity contribution in [2.75, 3.05) is 19.6 Å². The molecule has 0 saturated carbocycles. The lowest BCUT2D eigenvalue weighted by Gasteiger charge is -2.32. The van der Waals surface area contributed by atoms with Gasteiger partial charge in [0.1, 0.15) is 6.10 Å². The number of hydrogen-bond donors (Lipinski definition) is 0. The Morgan fingerprint density at radius 1 is 1.22 bits per heavy atom. The maximum atomic E-state index is 12.7. The Kier molecular flexibility index (Phi) is 8.64. The molecule has 1 fully saturated rings. The van der Waals surface area contributed by atoms with Gasteiger partial charge in [-0.3, -0.25) is 4.79 Å². The first-order valence-corrected chi connectivity index (χ1v) is 8.63. The summed E-state index contributed by atoms with van der Waals surface area (Å²) in [6.07, 6.45) is 2.98. The lowest BCUT2D eigenvalue weighted by atomic mass is 9.85. The Bertz CT molecular complexity index is 458. The van der Waals surface area contributed by atoms with Gasteiger partial charge < -0.3 is 9.64 Å². The van der Waals surface area contributed by atoms with Crippen LogP contribution in [0.4, 0.5) is 0 Å². The number of carbonyl (C=O) groups is 1. The van der Waals surface area contributed by atoms with Crippen LogP contribution in [0.3, 0.4) is 0 Å². The van der Waals surface area contributed by atoms with Gasteiger partial charge in [0.2, 0.25) is 0 Å². The van der Waals surface area contributed by atoms with E-state index in [4.69, 9.17) is 4.74 Å². The second kappa shape index (κ2) is 9.94. The number of carbonyl (C=O) groups excluding carboxylic acids is 1. The number of nitrogens with zero attached hydrogens (tertiary/aromatic N) is 1. The van der Waals surface area contributed by atoms with Gasteiger partial charge in [0.25, 0.3) is 0 Å². The highest BCUT2D eigenvalue weighted by Gasteiger charge is 2.30. The topological polar surface area (TPSA) is 29.5 Å². The van der Waals surface area contributed by atoms with E-state index in [2.05, 4.69) is 25.7 Å². The van der Waals surface area contributed by atoms with Gasteiger partial charge in [0, 0.05) is 13.1 Å². The first kappa shape index (κ1) is 20.0. The molecule has 0 radical (unpaired) electrons. The van der Waals surface area contributed by atoms with Gasteiger partial charge in [-0.1, -0.05) is 57.5 Å². The molecular formula is C19H30ClNO2. The molecule has 0 aliphatic carbocycles. The number of benzene rings is 1. The van der Waals surface area contributed by atoms with Crippen LogP contribution in [-0.4, -0.2) is 36.6 Å².